The number of hydrogen-bond donors (Lipinski definition) is 1. The zero-order chi connectivity index (χ0) is 22.4. The molecule has 0 spiro atoms. The van der Waals surface area contributed by atoms with E-state index in [1.54, 1.807) is 12.1 Å². The summed E-state index contributed by atoms with van der Waals surface area (Å²) in [6.45, 7) is 0. The van der Waals surface area contributed by atoms with Crippen molar-refractivity contribution >= 4 is 41.3 Å². The molecule has 0 saturated carbocycles. The van der Waals surface area contributed by atoms with Gasteiger partial charge in [0.1, 0.15) is 5.82 Å². The van der Waals surface area contributed by atoms with Crippen LogP contribution in [0.3, 0.4) is 0 Å². The van der Waals surface area contributed by atoms with Gasteiger partial charge in [-0.25, -0.2) is 14.6 Å². The van der Waals surface area contributed by atoms with Crippen LogP contribution in [0.15, 0.2) is 65.8 Å². The lowest BCUT2D eigenvalue weighted by Crippen LogP contribution is -2.17. The van der Waals surface area contributed by atoms with Crippen LogP contribution in [0.25, 0.3) is 0 Å². The number of hydrogen-bond acceptors (Lipinski definition) is 5. The first kappa shape index (κ1) is 22.3. The van der Waals surface area contributed by atoms with Crippen LogP contribution in [0.1, 0.15) is 26.3 Å². The third-order valence-electron chi connectivity index (χ3n) is 4.01. The van der Waals surface area contributed by atoms with E-state index < -0.39 is 17.7 Å². The summed E-state index contributed by atoms with van der Waals surface area (Å²) in [5, 5.41) is 4.48. The first-order chi connectivity index (χ1) is 14.9. The van der Waals surface area contributed by atoms with Crippen LogP contribution in [0, 0.1) is 5.82 Å². The van der Waals surface area contributed by atoms with Crippen LogP contribution in [-0.4, -0.2) is 25.2 Å². The summed E-state index contributed by atoms with van der Waals surface area (Å²) < 4.78 is 23.8. The standard InChI is InChI=1S/C22H15Cl2FN2O4/c1-30-20-9-13(12-26-27-21(28)14-6-7-17(23)18(24)11-14)5-8-19(20)31-22(29)15-3-2-4-16(25)10-15/h2-12H,1H3,(H,27,28)/b26-12-. The molecular weight excluding hydrogens is 446 g/mol. The molecule has 3 aromatic carbocycles. The topological polar surface area (TPSA) is 77.0 Å². The molecule has 6 nitrogen and oxygen atoms in total. The van der Waals surface area contributed by atoms with Crippen molar-refractivity contribution in [1.82, 2.24) is 5.43 Å². The van der Waals surface area contributed by atoms with Crippen LogP contribution >= 0.6 is 23.2 Å². The maximum absolute atomic E-state index is 13.3. The van der Waals surface area contributed by atoms with E-state index in [1.807, 2.05) is 0 Å². The fraction of sp³-hybridized carbons (Fsp3) is 0.0455. The molecule has 3 aromatic rings. The molecule has 0 bridgehead atoms. The minimum Gasteiger partial charge on any atom is -0.493 e. The molecule has 0 aliphatic heterocycles. The molecule has 1 N–H and O–H groups in total. The van der Waals surface area contributed by atoms with Crippen LogP contribution in [0.2, 0.25) is 10.0 Å². The van der Waals surface area contributed by atoms with Crippen LogP contribution in [0.4, 0.5) is 4.39 Å². The number of benzene rings is 3. The highest BCUT2D eigenvalue weighted by Gasteiger charge is 2.13. The summed E-state index contributed by atoms with van der Waals surface area (Å²) in [6, 6.07) is 14.3. The summed E-state index contributed by atoms with van der Waals surface area (Å²) in [5.74, 6) is -1.34. The van der Waals surface area contributed by atoms with Crippen LogP contribution in [-0.2, 0) is 0 Å². The van der Waals surface area contributed by atoms with E-state index in [9.17, 15) is 14.0 Å². The number of nitrogens with zero attached hydrogens (tertiary/aromatic N) is 1. The largest absolute Gasteiger partial charge is 0.493 e. The highest BCUT2D eigenvalue weighted by Crippen LogP contribution is 2.28. The molecule has 1 amide bonds. The van der Waals surface area contributed by atoms with E-state index in [2.05, 4.69) is 10.5 Å². The summed E-state index contributed by atoms with van der Waals surface area (Å²) in [7, 11) is 1.40. The van der Waals surface area contributed by atoms with Crippen molar-refractivity contribution in [3.05, 3.63) is 93.2 Å². The molecule has 0 saturated heterocycles. The number of halogens is 3. The molecule has 0 aliphatic carbocycles. The van der Waals surface area contributed by atoms with Crippen LogP contribution in [0.5, 0.6) is 11.5 Å². The number of ether oxygens (including phenoxy) is 2. The van der Waals surface area contributed by atoms with Gasteiger partial charge in [0.2, 0.25) is 0 Å². The van der Waals surface area contributed by atoms with Gasteiger partial charge in [0, 0.05) is 5.56 Å². The van der Waals surface area contributed by atoms with Crippen molar-refractivity contribution in [1.29, 1.82) is 0 Å². The smallest absolute Gasteiger partial charge is 0.343 e. The predicted octanol–water partition coefficient (Wildman–Crippen LogP) is 5.12. The van der Waals surface area contributed by atoms with Gasteiger partial charge in [-0.15, -0.1) is 0 Å². The second-order valence-corrected chi connectivity index (χ2v) is 6.95. The number of carbonyl (C=O) groups excluding carboxylic acids is 2. The molecular formula is C22H15Cl2FN2O4. The third-order valence-corrected chi connectivity index (χ3v) is 4.75. The van der Waals surface area contributed by atoms with E-state index in [-0.39, 0.29) is 22.1 Å². The first-order valence-electron chi connectivity index (χ1n) is 8.81. The van der Waals surface area contributed by atoms with Gasteiger partial charge < -0.3 is 9.47 Å². The summed E-state index contributed by atoms with van der Waals surface area (Å²) in [6.07, 6.45) is 1.39. The normalized spacial score (nSPS) is 10.7. The predicted molar refractivity (Wildman–Crippen MR) is 116 cm³/mol. The van der Waals surface area contributed by atoms with Crippen molar-refractivity contribution in [2.24, 2.45) is 5.10 Å². The van der Waals surface area contributed by atoms with Gasteiger partial charge in [-0.05, 0) is 60.2 Å². The van der Waals surface area contributed by atoms with E-state index in [0.717, 1.165) is 6.07 Å². The van der Waals surface area contributed by atoms with Gasteiger partial charge in [-0.1, -0.05) is 29.3 Å². The van der Waals surface area contributed by atoms with Crippen molar-refractivity contribution in [2.45, 2.75) is 0 Å². The summed E-state index contributed by atoms with van der Waals surface area (Å²) in [5.41, 5.74) is 3.30. The van der Waals surface area contributed by atoms with Gasteiger partial charge >= 0.3 is 5.97 Å². The van der Waals surface area contributed by atoms with Gasteiger partial charge in [-0.2, -0.15) is 5.10 Å². The number of esters is 1. The Balaban J connectivity index is 1.68. The molecule has 9 heteroatoms. The minimum atomic E-state index is -0.729. The van der Waals surface area contributed by atoms with Crippen molar-refractivity contribution in [3.8, 4) is 11.5 Å². The second kappa shape index (κ2) is 10.1. The van der Waals surface area contributed by atoms with E-state index in [0.29, 0.717) is 16.1 Å². The molecule has 0 atom stereocenters. The Bertz CT molecular complexity index is 1170. The molecule has 0 fully saturated rings. The van der Waals surface area contributed by atoms with E-state index >= 15 is 0 Å². The quantitative estimate of drug-likeness (QED) is 0.239. The van der Waals surface area contributed by atoms with Crippen molar-refractivity contribution in [2.75, 3.05) is 7.11 Å². The Morgan fingerprint density at radius 3 is 2.48 bits per heavy atom. The third kappa shape index (κ3) is 5.81. The molecule has 0 aromatic heterocycles. The Kier molecular flexibility index (Phi) is 7.23. The minimum absolute atomic E-state index is 0.0673. The lowest BCUT2D eigenvalue weighted by molar-refractivity contribution is 0.0729. The number of carbonyl (C=O) groups is 2. The molecule has 3 rings (SSSR count). The lowest BCUT2D eigenvalue weighted by Gasteiger charge is -2.10. The molecule has 0 heterocycles. The van der Waals surface area contributed by atoms with Gasteiger partial charge in [0.15, 0.2) is 11.5 Å². The molecule has 31 heavy (non-hydrogen) atoms. The maximum atomic E-state index is 13.3. The average Bonchev–Trinajstić information content (AvgIpc) is 2.76. The highest BCUT2D eigenvalue weighted by molar-refractivity contribution is 6.42. The second-order valence-electron chi connectivity index (χ2n) is 6.14. The first-order valence-corrected chi connectivity index (χ1v) is 9.57. The molecule has 0 aliphatic rings. The highest BCUT2D eigenvalue weighted by atomic mass is 35.5. The average molecular weight is 461 g/mol. The molecule has 0 radical (unpaired) electrons. The van der Waals surface area contributed by atoms with Crippen LogP contribution < -0.4 is 14.9 Å². The Labute approximate surface area is 187 Å². The zero-order valence-corrected chi connectivity index (χ0v) is 17.6. The lowest BCUT2D eigenvalue weighted by atomic mass is 10.2. The zero-order valence-electron chi connectivity index (χ0n) is 16.1. The summed E-state index contributed by atoms with van der Waals surface area (Å²) in [4.78, 5) is 24.3. The van der Waals surface area contributed by atoms with Crippen molar-refractivity contribution < 1.29 is 23.5 Å². The number of amides is 1. The Morgan fingerprint density at radius 1 is 0.968 bits per heavy atom. The SMILES string of the molecule is COc1cc(/C=N\NC(=O)c2ccc(Cl)c(Cl)c2)ccc1OC(=O)c1cccc(F)c1. The monoisotopic (exact) mass is 460 g/mol. The fourth-order valence-corrected chi connectivity index (χ4v) is 2.79. The van der Waals surface area contributed by atoms with Gasteiger partial charge in [-0.3, -0.25) is 4.79 Å². The summed E-state index contributed by atoms with van der Waals surface area (Å²) >= 11 is 11.7. The Hall–Kier alpha value is -3.42. The van der Waals surface area contributed by atoms with Gasteiger partial charge in [0.25, 0.3) is 5.91 Å². The maximum Gasteiger partial charge on any atom is 0.343 e. The number of nitrogens with one attached hydrogen (secondary N) is 1. The van der Waals surface area contributed by atoms with Gasteiger partial charge in [0.05, 0.1) is 28.9 Å². The van der Waals surface area contributed by atoms with E-state index in [4.69, 9.17) is 32.7 Å². The fourth-order valence-electron chi connectivity index (χ4n) is 2.49. The molecule has 158 valence electrons. The van der Waals surface area contributed by atoms with Crippen molar-refractivity contribution in [3.63, 3.8) is 0 Å². The number of methoxy groups -OCH3 is 1. The van der Waals surface area contributed by atoms with E-state index in [1.165, 1.54) is 55.8 Å². The number of rotatable bonds is 6. The number of hydrazone groups is 1. The molecule has 0 unspecified atom stereocenters. The Morgan fingerprint density at radius 2 is 1.77 bits per heavy atom.